The van der Waals surface area contributed by atoms with Gasteiger partial charge in [-0.1, -0.05) is 45.7 Å². The summed E-state index contributed by atoms with van der Waals surface area (Å²) in [4.78, 5) is 5.05. The molecule has 0 radical (unpaired) electrons. The number of alkyl halides is 3. The molecule has 1 spiro atoms. The molecule has 3 nitrogen and oxygen atoms in total. The third-order valence-electron chi connectivity index (χ3n) is 7.77. The summed E-state index contributed by atoms with van der Waals surface area (Å²) >= 11 is 0. The Morgan fingerprint density at radius 2 is 1.78 bits per heavy atom. The Morgan fingerprint density at radius 3 is 2.38 bits per heavy atom. The van der Waals surface area contributed by atoms with E-state index in [1.807, 2.05) is 0 Å². The summed E-state index contributed by atoms with van der Waals surface area (Å²) < 4.78 is 46.1. The monoisotopic (exact) mass is 445 g/mol. The summed E-state index contributed by atoms with van der Waals surface area (Å²) in [5, 5.41) is 10.9. The molecular weight excluding hydrogens is 415 g/mol. The summed E-state index contributed by atoms with van der Waals surface area (Å²) in [5.41, 5.74) is 4.75. The third-order valence-corrected chi connectivity index (χ3v) is 7.77. The molecule has 1 N–H and O–H groups in total. The molecule has 32 heavy (non-hydrogen) atoms. The van der Waals surface area contributed by atoms with Crippen LogP contribution in [-0.2, 0) is 35.8 Å². The lowest BCUT2D eigenvalue weighted by atomic mass is 9.70. The van der Waals surface area contributed by atoms with Gasteiger partial charge in [0.05, 0.1) is 17.3 Å². The lowest BCUT2D eigenvalue weighted by Gasteiger charge is -2.38. The maximum Gasteiger partial charge on any atom is 0.416 e. The highest BCUT2D eigenvalue weighted by Gasteiger charge is 2.52. The van der Waals surface area contributed by atoms with Gasteiger partial charge in [-0.15, -0.1) is 0 Å². The summed E-state index contributed by atoms with van der Waals surface area (Å²) in [6.45, 7) is 6.23. The van der Waals surface area contributed by atoms with Crippen LogP contribution in [0.15, 0.2) is 24.3 Å². The average Bonchev–Trinajstić information content (AvgIpc) is 3.34. The number of nitrogens with zero attached hydrogens (tertiary/aromatic N) is 1. The van der Waals surface area contributed by atoms with Crippen LogP contribution in [0.3, 0.4) is 0 Å². The predicted octanol–water partition coefficient (Wildman–Crippen LogP) is 6.04. The van der Waals surface area contributed by atoms with Crippen LogP contribution >= 0.6 is 0 Å². The number of hydrogen-bond acceptors (Lipinski definition) is 3. The lowest BCUT2D eigenvalue weighted by Crippen LogP contribution is -2.40. The normalized spacial score (nSPS) is 25.7. The first-order valence-electron chi connectivity index (χ1n) is 11.6. The number of aryl methyl sites for hydroxylation is 1. The standard InChI is InChI=1S/C26H30F3NO2/c1-4-18-21-22(17-13-20(31)24(2,3)14-19(17)30-18)25(11-5-6-12-25)32-23(21)15-7-9-16(10-8-15)26(27,28)29/h7-10,20,23,31H,4-6,11-14H2,1-3H3/t20?,23-/m1/s1. The number of ether oxygens (including phenoxy) is 1. The van der Waals surface area contributed by atoms with Crippen molar-refractivity contribution in [3.05, 3.63) is 63.5 Å². The molecule has 172 valence electrons. The molecule has 1 saturated carbocycles. The fourth-order valence-electron chi connectivity index (χ4n) is 5.94. The third kappa shape index (κ3) is 3.29. The van der Waals surface area contributed by atoms with Crippen LogP contribution in [0.4, 0.5) is 13.2 Å². The summed E-state index contributed by atoms with van der Waals surface area (Å²) in [5.74, 6) is 0. The molecule has 1 aromatic carbocycles. The topological polar surface area (TPSA) is 42.4 Å². The molecule has 2 atom stereocenters. The van der Waals surface area contributed by atoms with Gasteiger partial charge >= 0.3 is 6.18 Å². The van der Waals surface area contributed by atoms with Crippen LogP contribution in [0.25, 0.3) is 0 Å². The maximum absolute atomic E-state index is 13.1. The number of aromatic nitrogens is 1. The molecule has 1 fully saturated rings. The highest BCUT2D eigenvalue weighted by atomic mass is 19.4. The molecule has 1 aliphatic heterocycles. The van der Waals surface area contributed by atoms with Crippen molar-refractivity contribution in [2.45, 2.75) is 89.7 Å². The summed E-state index contributed by atoms with van der Waals surface area (Å²) in [6.07, 6.45) is 0.663. The first-order valence-corrected chi connectivity index (χ1v) is 11.6. The first kappa shape index (κ1) is 21.9. The van der Waals surface area contributed by atoms with Crippen molar-refractivity contribution >= 4 is 0 Å². The van der Waals surface area contributed by atoms with Crippen LogP contribution < -0.4 is 0 Å². The minimum atomic E-state index is -4.36. The second kappa shape index (κ2) is 7.29. The van der Waals surface area contributed by atoms with E-state index in [0.717, 1.165) is 72.3 Å². The Hall–Kier alpha value is -1.92. The van der Waals surface area contributed by atoms with Crippen LogP contribution in [0.2, 0.25) is 0 Å². The molecule has 1 aromatic heterocycles. The summed E-state index contributed by atoms with van der Waals surface area (Å²) in [6, 6.07) is 5.37. The molecule has 6 heteroatoms. The Labute approximate surface area is 187 Å². The highest BCUT2D eigenvalue weighted by Crippen LogP contribution is 2.57. The first-order chi connectivity index (χ1) is 15.1. The Morgan fingerprint density at radius 1 is 1.12 bits per heavy atom. The molecule has 0 bridgehead atoms. The van der Waals surface area contributed by atoms with Gasteiger partial charge in [-0.25, -0.2) is 0 Å². The van der Waals surface area contributed by atoms with Crippen molar-refractivity contribution < 1.29 is 23.0 Å². The van der Waals surface area contributed by atoms with Crippen molar-refractivity contribution in [2.75, 3.05) is 0 Å². The lowest BCUT2D eigenvalue weighted by molar-refractivity contribution is -0.137. The van der Waals surface area contributed by atoms with Crippen molar-refractivity contribution in [1.29, 1.82) is 0 Å². The van der Waals surface area contributed by atoms with E-state index in [9.17, 15) is 18.3 Å². The number of benzene rings is 1. The largest absolute Gasteiger partial charge is 0.416 e. The van der Waals surface area contributed by atoms with Crippen LogP contribution in [0.1, 0.15) is 91.8 Å². The minimum absolute atomic E-state index is 0.242. The van der Waals surface area contributed by atoms with Gasteiger partial charge in [0.1, 0.15) is 6.10 Å². The van der Waals surface area contributed by atoms with E-state index in [4.69, 9.17) is 9.72 Å². The second-order valence-electron chi connectivity index (χ2n) is 10.3. The Balaban J connectivity index is 1.69. The number of aliphatic hydroxyl groups is 1. The molecule has 2 aliphatic carbocycles. The van der Waals surface area contributed by atoms with Gasteiger partial charge in [0, 0.05) is 23.4 Å². The van der Waals surface area contributed by atoms with Gasteiger partial charge in [-0.3, -0.25) is 4.98 Å². The van der Waals surface area contributed by atoms with Crippen molar-refractivity contribution in [2.24, 2.45) is 5.41 Å². The fourth-order valence-corrected chi connectivity index (χ4v) is 5.94. The zero-order valence-corrected chi connectivity index (χ0v) is 18.9. The smallest absolute Gasteiger partial charge is 0.392 e. The number of aliphatic hydroxyl groups excluding tert-OH is 1. The van der Waals surface area contributed by atoms with E-state index in [1.165, 1.54) is 5.56 Å². The molecular formula is C26H30F3NO2. The number of pyridine rings is 1. The molecule has 5 rings (SSSR count). The number of fused-ring (bicyclic) bond motifs is 4. The highest BCUT2D eigenvalue weighted by molar-refractivity contribution is 5.53. The van der Waals surface area contributed by atoms with Crippen molar-refractivity contribution in [3.8, 4) is 0 Å². The van der Waals surface area contributed by atoms with Crippen LogP contribution in [0.5, 0.6) is 0 Å². The van der Waals surface area contributed by atoms with Crippen LogP contribution in [-0.4, -0.2) is 16.2 Å². The van der Waals surface area contributed by atoms with E-state index in [2.05, 4.69) is 20.8 Å². The molecule has 0 amide bonds. The molecule has 0 saturated heterocycles. The average molecular weight is 446 g/mol. The number of hydrogen-bond donors (Lipinski definition) is 1. The summed E-state index contributed by atoms with van der Waals surface area (Å²) in [7, 11) is 0. The fraction of sp³-hybridized carbons (Fsp3) is 0.577. The van der Waals surface area contributed by atoms with Gasteiger partial charge in [0.15, 0.2) is 0 Å². The van der Waals surface area contributed by atoms with Gasteiger partial charge in [-0.2, -0.15) is 13.2 Å². The second-order valence-corrected chi connectivity index (χ2v) is 10.3. The van der Waals surface area contributed by atoms with E-state index in [1.54, 1.807) is 12.1 Å². The Bertz CT molecular complexity index is 1040. The van der Waals surface area contributed by atoms with Crippen LogP contribution in [0, 0.1) is 5.41 Å². The SMILES string of the molecule is CCc1nc2c(c3c1[C@@H](c1ccc(C(F)(F)F)cc1)OC31CCCC1)CC(O)C(C)(C)C2. The van der Waals surface area contributed by atoms with Crippen molar-refractivity contribution in [1.82, 2.24) is 4.98 Å². The number of rotatable bonds is 2. The van der Waals surface area contributed by atoms with Gasteiger partial charge in [0.25, 0.3) is 0 Å². The molecule has 1 unspecified atom stereocenters. The van der Waals surface area contributed by atoms with Crippen molar-refractivity contribution in [3.63, 3.8) is 0 Å². The molecule has 3 aliphatic rings. The number of halogens is 3. The minimum Gasteiger partial charge on any atom is -0.392 e. The van der Waals surface area contributed by atoms with E-state index >= 15 is 0 Å². The zero-order chi connectivity index (χ0) is 22.9. The van der Waals surface area contributed by atoms with Gasteiger partial charge in [-0.05, 0) is 59.9 Å². The molecule has 2 heterocycles. The molecule has 2 aromatic rings. The quantitative estimate of drug-likeness (QED) is 0.613. The Kier molecular flexibility index (Phi) is 4.99. The van der Waals surface area contributed by atoms with Gasteiger partial charge < -0.3 is 9.84 Å². The van der Waals surface area contributed by atoms with E-state index in [0.29, 0.717) is 12.8 Å². The zero-order valence-electron chi connectivity index (χ0n) is 18.9. The van der Waals surface area contributed by atoms with E-state index in [-0.39, 0.29) is 5.41 Å². The predicted molar refractivity (Wildman–Crippen MR) is 115 cm³/mol. The van der Waals surface area contributed by atoms with E-state index < -0.39 is 29.5 Å². The van der Waals surface area contributed by atoms with Gasteiger partial charge in [0.2, 0.25) is 0 Å². The maximum atomic E-state index is 13.1.